The van der Waals surface area contributed by atoms with E-state index in [0.717, 1.165) is 30.0 Å². The van der Waals surface area contributed by atoms with Crippen LogP contribution in [-0.4, -0.2) is 24.9 Å². The number of nitrogens with zero attached hydrogens (tertiary/aromatic N) is 1. The number of carbonyl (C=O) groups excluding carboxylic acids is 2. The summed E-state index contributed by atoms with van der Waals surface area (Å²) in [5.41, 5.74) is 5.12. The van der Waals surface area contributed by atoms with E-state index in [0.29, 0.717) is 6.42 Å². The standard InChI is InChI=1S/C24H29N3O2/c1-16-6-7-19(14-17(16)2)26-24(29)22-15-21(22)23(28)25-18-8-10-20(11-9-18)27-12-4-3-5-13-27/h6-11,14,21-22H,3-5,12-13,15H2,1-2H3,(H,25,28)(H,26,29). The van der Waals surface area contributed by atoms with Crippen LogP contribution in [0.4, 0.5) is 17.1 Å². The average molecular weight is 392 g/mol. The second kappa shape index (κ2) is 8.27. The van der Waals surface area contributed by atoms with Gasteiger partial charge in [0.15, 0.2) is 0 Å². The molecule has 0 spiro atoms. The smallest absolute Gasteiger partial charge is 0.228 e. The van der Waals surface area contributed by atoms with Gasteiger partial charge in [-0.15, -0.1) is 0 Å². The van der Waals surface area contributed by atoms with Crippen molar-refractivity contribution in [3.05, 3.63) is 53.6 Å². The molecule has 5 nitrogen and oxygen atoms in total. The van der Waals surface area contributed by atoms with Crippen molar-refractivity contribution in [2.24, 2.45) is 11.8 Å². The number of piperidine rings is 1. The number of anilines is 3. The summed E-state index contributed by atoms with van der Waals surface area (Å²) < 4.78 is 0. The van der Waals surface area contributed by atoms with Crippen molar-refractivity contribution in [3.8, 4) is 0 Å². The van der Waals surface area contributed by atoms with E-state index < -0.39 is 0 Å². The molecule has 152 valence electrons. The van der Waals surface area contributed by atoms with Crippen LogP contribution < -0.4 is 15.5 Å². The fourth-order valence-corrected chi connectivity index (χ4v) is 3.97. The lowest BCUT2D eigenvalue weighted by Gasteiger charge is -2.28. The summed E-state index contributed by atoms with van der Waals surface area (Å²) in [5.74, 6) is -0.641. The molecule has 2 fully saturated rings. The van der Waals surface area contributed by atoms with E-state index >= 15 is 0 Å². The zero-order valence-electron chi connectivity index (χ0n) is 17.2. The zero-order valence-corrected chi connectivity index (χ0v) is 17.2. The van der Waals surface area contributed by atoms with E-state index in [1.165, 1.54) is 30.5 Å². The molecule has 0 aromatic heterocycles. The van der Waals surface area contributed by atoms with Crippen molar-refractivity contribution < 1.29 is 9.59 Å². The SMILES string of the molecule is Cc1ccc(NC(=O)C2CC2C(=O)Nc2ccc(N3CCCCC3)cc2)cc1C. The summed E-state index contributed by atoms with van der Waals surface area (Å²) in [4.78, 5) is 27.4. The lowest BCUT2D eigenvalue weighted by Crippen LogP contribution is -2.29. The predicted octanol–water partition coefficient (Wildman–Crippen LogP) is 4.51. The van der Waals surface area contributed by atoms with E-state index in [1.807, 2.05) is 44.2 Å². The number of hydrogen-bond acceptors (Lipinski definition) is 3. The first-order chi connectivity index (χ1) is 14.0. The minimum absolute atomic E-state index is 0.0732. The Morgan fingerprint density at radius 3 is 2.00 bits per heavy atom. The van der Waals surface area contributed by atoms with E-state index in [4.69, 9.17) is 0 Å². The summed E-state index contributed by atoms with van der Waals surface area (Å²) in [5, 5.41) is 5.90. The van der Waals surface area contributed by atoms with Crippen LogP contribution in [0.1, 0.15) is 36.8 Å². The van der Waals surface area contributed by atoms with Crippen molar-refractivity contribution in [1.29, 1.82) is 0 Å². The highest BCUT2D eigenvalue weighted by molar-refractivity contribution is 6.03. The van der Waals surface area contributed by atoms with Crippen molar-refractivity contribution in [1.82, 2.24) is 0 Å². The highest BCUT2D eigenvalue weighted by Gasteiger charge is 2.48. The van der Waals surface area contributed by atoms with Gasteiger partial charge in [-0.05, 0) is 87.1 Å². The Labute approximate surface area is 172 Å². The summed E-state index contributed by atoms with van der Waals surface area (Å²) in [7, 11) is 0. The van der Waals surface area contributed by atoms with Gasteiger partial charge in [-0.2, -0.15) is 0 Å². The van der Waals surface area contributed by atoms with Gasteiger partial charge < -0.3 is 15.5 Å². The monoisotopic (exact) mass is 391 g/mol. The molecular weight excluding hydrogens is 362 g/mol. The summed E-state index contributed by atoms with van der Waals surface area (Å²) >= 11 is 0. The lowest BCUT2D eigenvalue weighted by molar-refractivity contribution is -0.122. The Morgan fingerprint density at radius 1 is 0.793 bits per heavy atom. The molecule has 29 heavy (non-hydrogen) atoms. The van der Waals surface area contributed by atoms with Gasteiger partial charge >= 0.3 is 0 Å². The summed E-state index contributed by atoms with van der Waals surface area (Å²) in [6, 6.07) is 13.9. The van der Waals surface area contributed by atoms with Crippen LogP contribution in [0, 0.1) is 25.7 Å². The van der Waals surface area contributed by atoms with Crippen molar-refractivity contribution >= 4 is 28.9 Å². The zero-order chi connectivity index (χ0) is 20.4. The molecule has 1 saturated heterocycles. The number of carbonyl (C=O) groups is 2. The second-order valence-corrected chi connectivity index (χ2v) is 8.32. The molecule has 2 amide bonds. The number of hydrogen-bond donors (Lipinski definition) is 2. The highest BCUT2D eigenvalue weighted by Crippen LogP contribution is 2.40. The van der Waals surface area contributed by atoms with Crippen molar-refractivity contribution in [3.63, 3.8) is 0 Å². The average Bonchev–Trinajstić information content (AvgIpc) is 3.53. The van der Waals surface area contributed by atoms with Crippen molar-refractivity contribution in [2.75, 3.05) is 28.6 Å². The minimum atomic E-state index is -0.247. The van der Waals surface area contributed by atoms with Crippen LogP contribution in [0.2, 0.25) is 0 Å². The number of amides is 2. The number of nitrogens with one attached hydrogen (secondary N) is 2. The molecule has 1 saturated carbocycles. The first-order valence-electron chi connectivity index (χ1n) is 10.6. The largest absolute Gasteiger partial charge is 0.372 e. The van der Waals surface area contributed by atoms with Gasteiger partial charge in [0.25, 0.3) is 0 Å². The molecule has 2 aliphatic rings. The van der Waals surface area contributed by atoms with Gasteiger partial charge in [0, 0.05) is 30.2 Å². The maximum absolute atomic E-state index is 12.5. The Kier molecular flexibility index (Phi) is 5.56. The fourth-order valence-electron chi connectivity index (χ4n) is 3.97. The first-order valence-corrected chi connectivity index (χ1v) is 10.6. The van der Waals surface area contributed by atoms with Gasteiger partial charge in [-0.25, -0.2) is 0 Å². The molecule has 2 aromatic carbocycles. The Morgan fingerprint density at radius 2 is 1.38 bits per heavy atom. The third kappa shape index (κ3) is 4.61. The van der Waals surface area contributed by atoms with Gasteiger partial charge in [0.05, 0.1) is 11.8 Å². The number of rotatable bonds is 5. The molecule has 0 bridgehead atoms. The molecule has 2 atom stereocenters. The molecule has 2 unspecified atom stereocenters. The van der Waals surface area contributed by atoms with E-state index in [1.54, 1.807) is 0 Å². The third-order valence-electron chi connectivity index (χ3n) is 6.09. The minimum Gasteiger partial charge on any atom is -0.372 e. The van der Waals surface area contributed by atoms with E-state index in [9.17, 15) is 9.59 Å². The molecule has 1 aliphatic heterocycles. The normalized spacial score (nSPS) is 20.8. The predicted molar refractivity (Wildman–Crippen MR) is 117 cm³/mol. The first kappa shape index (κ1) is 19.5. The van der Waals surface area contributed by atoms with Crippen LogP contribution in [0.15, 0.2) is 42.5 Å². The molecule has 2 aromatic rings. The van der Waals surface area contributed by atoms with Crippen LogP contribution >= 0.6 is 0 Å². The topological polar surface area (TPSA) is 61.4 Å². The lowest BCUT2D eigenvalue weighted by atomic mass is 10.1. The fraction of sp³-hybridized carbons (Fsp3) is 0.417. The highest BCUT2D eigenvalue weighted by atomic mass is 16.2. The molecular formula is C24H29N3O2. The summed E-state index contributed by atoms with van der Waals surface area (Å²) in [6.07, 6.45) is 4.40. The molecule has 4 rings (SSSR count). The molecule has 2 N–H and O–H groups in total. The van der Waals surface area contributed by atoms with Gasteiger partial charge in [0.2, 0.25) is 11.8 Å². The maximum atomic E-state index is 12.5. The van der Waals surface area contributed by atoms with Crippen LogP contribution in [0.25, 0.3) is 0 Å². The van der Waals surface area contributed by atoms with Gasteiger partial charge in [0.1, 0.15) is 0 Å². The summed E-state index contributed by atoms with van der Waals surface area (Å²) in [6.45, 7) is 6.27. The van der Waals surface area contributed by atoms with Gasteiger partial charge in [-0.3, -0.25) is 9.59 Å². The third-order valence-corrected chi connectivity index (χ3v) is 6.09. The van der Waals surface area contributed by atoms with E-state index in [2.05, 4.69) is 27.7 Å². The molecule has 1 heterocycles. The second-order valence-electron chi connectivity index (χ2n) is 8.32. The van der Waals surface area contributed by atoms with Gasteiger partial charge in [-0.1, -0.05) is 6.07 Å². The molecule has 0 radical (unpaired) electrons. The Bertz CT molecular complexity index is 901. The molecule has 5 heteroatoms. The maximum Gasteiger partial charge on any atom is 0.228 e. The van der Waals surface area contributed by atoms with E-state index in [-0.39, 0.29) is 23.7 Å². The van der Waals surface area contributed by atoms with Crippen LogP contribution in [0.5, 0.6) is 0 Å². The Balaban J connectivity index is 1.29. The van der Waals surface area contributed by atoms with Crippen LogP contribution in [0.3, 0.4) is 0 Å². The quantitative estimate of drug-likeness (QED) is 0.788. The number of aryl methyl sites for hydroxylation is 2. The Hall–Kier alpha value is -2.82. The van der Waals surface area contributed by atoms with Crippen LogP contribution in [-0.2, 0) is 9.59 Å². The number of benzene rings is 2. The molecule has 1 aliphatic carbocycles. The van der Waals surface area contributed by atoms with Crippen molar-refractivity contribution in [2.45, 2.75) is 39.5 Å².